The summed E-state index contributed by atoms with van der Waals surface area (Å²) in [5, 5.41) is 0. The predicted molar refractivity (Wildman–Crippen MR) is 76.3 cm³/mol. The topological polar surface area (TPSA) is 17.1 Å². The molecule has 0 N–H and O–H groups in total. The number of ketones is 1. The Kier molecular flexibility index (Phi) is 5.07. The van der Waals surface area contributed by atoms with Crippen LogP contribution < -0.4 is 0 Å². The van der Waals surface area contributed by atoms with Gasteiger partial charge in [0.15, 0.2) is 5.78 Å². The third-order valence-corrected chi connectivity index (χ3v) is 4.30. The van der Waals surface area contributed by atoms with Crippen molar-refractivity contribution >= 4 is 5.78 Å². The average molecular weight is 298 g/mol. The van der Waals surface area contributed by atoms with Crippen LogP contribution in [0.4, 0.5) is 13.2 Å². The molecule has 0 heterocycles. The van der Waals surface area contributed by atoms with Gasteiger partial charge in [0.25, 0.3) is 0 Å². The number of aryl methyl sites for hydroxylation is 1. The molecule has 0 aliphatic heterocycles. The minimum atomic E-state index is -4.35. The first-order chi connectivity index (χ1) is 9.89. The Hall–Kier alpha value is -1.32. The second kappa shape index (κ2) is 6.63. The van der Waals surface area contributed by atoms with Gasteiger partial charge < -0.3 is 0 Å². The summed E-state index contributed by atoms with van der Waals surface area (Å²) in [6.07, 6.45) is 2.96. The number of alkyl halides is 3. The molecule has 1 aliphatic carbocycles. The van der Waals surface area contributed by atoms with Crippen molar-refractivity contribution in [3.05, 3.63) is 34.9 Å². The monoisotopic (exact) mass is 298 g/mol. The number of carbonyl (C=O) groups is 1. The SMILES string of the molecule is Cc1cc(C(F)(F)F)ccc1C(=O)C1CCCCCCC1. The second-order valence-corrected chi connectivity index (χ2v) is 5.93. The van der Waals surface area contributed by atoms with Gasteiger partial charge in [-0.1, -0.05) is 38.2 Å². The summed E-state index contributed by atoms with van der Waals surface area (Å²) in [4.78, 5) is 12.6. The summed E-state index contributed by atoms with van der Waals surface area (Å²) < 4.78 is 38.0. The molecular weight excluding hydrogens is 277 g/mol. The van der Waals surface area contributed by atoms with Crippen molar-refractivity contribution in [2.24, 2.45) is 5.92 Å². The summed E-state index contributed by atoms with van der Waals surface area (Å²) in [5.74, 6) is -0.0103. The molecule has 0 aromatic heterocycles. The molecule has 0 amide bonds. The third kappa shape index (κ3) is 4.08. The Morgan fingerprint density at radius 1 is 1.05 bits per heavy atom. The fourth-order valence-corrected chi connectivity index (χ4v) is 3.05. The Balaban J connectivity index is 2.18. The lowest BCUT2D eigenvalue weighted by Crippen LogP contribution is -2.18. The number of carbonyl (C=O) groups excluding carboxylic acids is 1. The standard InChI is InChI=1S/C17H21F3O/c1-12-11-14(17(18,19)20)9-10-15(12)16(21)13-7-5-3-2-4-6-8-13/h9-11,13H,2-8H2,1H3. The normalized spacial score (nSPS) is 18.1. The number of rotatable bonds is 2. The highest BCUT2D eigenvalue weighted by Gasteiger charge is 2.31. The van der Waals surface area contributed by atoms with Crippen molar-refractivity contribution in [3.63, 3.8) is 0 Å². The van der Waals surface area contributed by atoms with Crippen molar-refractivity contribution in [1.29, 1.82) is 0 Å². The maximum Gasteiger partial charge on any atom is 0.416 e. The fourth-order valence-electron chi connectivity index (χ4n) is 3.05. The Morgan fingerprint density at radius 2 is 1.62 bits per heavy atom. The minimum Gasteiger partial charge on any atom is -0.294 e. The zero-order valence-electron chi connectivity index (χ0n) is 12.3. The molecule has 0 spiro atoms. The van der Waals surface area contributed by atoms with Gasteiger partial charge in [-0.05, 0) is 37.5 Å². The predicted octanol–water partition coefficient (Wildman–Crippen LogP) is 5.56. The highest BCUT2D eigenvalue weighted by atomic mass is 19.4. The smallest absolute Gasteiger partial charge is 0.294 e. The summed E-state index contributed by atoms with van der Waals surface area (Å²) in [6.45, 7) is 1.59. The molecule has 0 saturated heterocycles. The summed E-state index contributed by atoms with van der Waals surface area (Å²) in [7, 11) is 0. The van der Waals surface area contributed by atoms with Crippen LogP contribution in [0.1, 0.15) is 66.4 Å². The van der Waals surface area contributed by atoms with E-state index >= 15 is 0 Å². The minimum absolute atomic E-state index is 0.0168. The van der Waals surface area contributed by atoms with E-state index in [4.69, 9.17) is 0 Å². The molecule has 1 saturated carbocycles. The van der Waals surface area contributed by atoms with Crippen LogP contribution in [-0.2, 0) is 6.18 Å². The molecule has 1 fully saturated rings. The van der Waals surface area contributed by atoms with Crippen LogP contribution in [0.3, 0.4) is 0 Å². The van der Waals surface area contributed by atoms with E-state index in [0.717, 1.165) is 50.7 Å². The van der Waals surface area contributed by atoms with E-state index in [1.54, 1.807) is 6.92 Å². The van der Waals surface area contributed by atoms with E-state index in [0.29, 0.717) is 11.1 Å². The van der Waals surface area contributed by atoms with Gasteiger partial charge >= 0.3 is 6.18 Å². The van der Waals surface area contributed by atoms with Crippen LogP contribution in [-0.4, -0.2) is 5.78 Å². The van der Waals surface area contributed by atoms with Gasteiger partial charge in [-0.15, -0.1) is 0 Å². The molecular formula is C17H21F3O. The van der Waals surface area contributed by atoms with Crippen LogP contribution in [0, 0.1) is 12.8 Å². The first kappa shape index (κ1) is 16.1. The largest absolute Gasteiger partial charge is 0.416 e. The van der Waals surface area contributed by atoms with Crippen LogP contribution in [0.15, 0.2) is 18.2 Å². The van der Waals surface area contributed by atoms with Gasteiger partial charge in [-0.3, -0.25) is 4.79 Å². The molecule has 21 heavy (non-hydrogen) atoms. The molecule has 2 rings (SSSR count). The van der Waals surface area contributed by atoms with Gasteiger partial charge in [0.2, 0.25) is 0 Å². The Morgan fingerprint density at radius 3 is 2.14 bits per heavy atom. The van der Waals surface area contributed by atoms with Crippen LogP contribution in [0.25, 0.3) is 0 Å². The average Bonchev–Trinajstić information content (AvgIpc) is 2.36. The number of halogens is 3. The van der Waals surface area contributed by atoms with Gasteiger partial charge in [0.1, 0.15) is 0 Å². The lowest BCUT2D eigenvalue weighted by molar-refractivity contribution is -0.137. The molecule has 116 valence electrons. The number of Topliss-reactive ketones (excluding diaryl/α,β-unsaturated/α-hetero) is 1. The van der Waals surface area contributed by atoms with Crippen LogP contribution in [0.5, 0.6) is 0 Å². The van der Waals surface area contributed by atoms with Crippen molar-refractivity contribution in [1.82, 2.24) is 0 Å². The fraction of sp³-hybridized carbons (Fsp3) is 0.588. The van der Waals surface area contributed by atoms with Crippen molar-refractivity contribution in [3.8, 4) is 0 Å². The van der Waals surface area contributed by atoms with E-state index in [2.05, 4.69) is 0 Å². The highest BCUT2D eigenvalue weighted by Crippen LogP contribution is 2.32. The van der Waals surface area contributed by atoms with Crippen molar-refractivity contribution in [2.45, 2.75) is 58.0 Å². The molecule has 1 nitrogen and oxygen atoms in total. The van der Waals surface area contributed by atoms with Crippen molar-refractivity contribution in [2.75, 3.05) is 0 Å². The maximum atomic E-state index is 12.7. The van der Waals surface area contributed by atoms with Gasteiger partial charge in [-0.2, -0.15) is 13.2 Å². The summed E-state index contributed by atoms with van der Waals surface area (Å²) >= 11 is 0. The molecule has 0 atom stereocenters. The third-order valence-electron chi connectivity index (χ3n) is 4.30. The molecule has 0 bridgehead atoms. The van der Waals surface area contributed by atoms with E-state index in [-0.39, 0.29) is 11.7 Å². The van der Waals surface area contributed by atoms with E-state index in [1.807, 2.05) is 0 Å². The number of benzene rings is 1. The summed E-state index contributed by atoms with van der Waals surface area (Å²) in [6, 6.07) is 3.44. The van der Waals surface area contributed by atoms with Crippen LogP contribution in [0.2, 0.25) is 0 Å². The van der Waals surface area contributed by atoms with E-state index in [9.17, 15) is 18.0 Å². The first-order valence-corrected chi connectivity index (χ1v) is 7.61. The molecule has 0 radical (unpaired) electrons. The zero-order chi connectivity index (χ0) is 15.5. The second-order valence-electron chi connectivity index (χ2n) is 5.93. The number of hydrogen-bond donors (Lipinski definition) is 0. The lowest BCUT2D eigenvalue weighted by Gasteiger charge is -2.20. The quantitative estimate of drug-likeness (QED) is 0.653. The number of hydrogen-bond acceptors (Lipinski definition) is 1. The van der Waals surface area contributed by atoms with E-state index in [1.165, 1.54) is 12.5 Å². The Labute approximate surface area is 123 Å². The van der Waals surface area contributed by atoms with E-state index < -0.39 is 11.7 Å². The first-order valence-electron chi connectivity index (χ1n) is 7.61. The molecule has 1 aromatic carbocycles. The van der Waals surface area contributed by atoms with Gasteiger partial charge in [0.05, 0.1) is 5.56 Å². The molecule has 0 unspecified atom stereocenters. The Bertz CT molecular complexity index is 497. The zero-order valence-corrected chi connectivity index (χ0v) is 12.3. The molecule has 4 heteroatoms. The van der Waals surface area contributed by atoms with Gasteiger partial charge in [-0.25, -0.2) is 0 Å². The lowest BCUT2D eigenvalue weighted by atomic mass is 9.84. The van der Waals surface area contributed by atoms with Gasteiger partial charge in [0, 0.05) is 11.5 Å². The molecule has 1 aliphatic rings. The molecule has 1 aromatic rings. The van der Waals surface area contributed by atoms with Crippen molar-refractivity contribution < 1.29 is 18.0 Å². The highest BCUT2D eigenvalue weighted by molar-refractivity contribution is 5.99. The maximum absolute atomic E-state index is 12.7. The summed E-state index contributed by atoms with van der Waals surface area (Å²) in [5.41, 5.74) is 0.194. The van der Waals surface area contributed by atoms with Crippen LogP contribution >= 0.6 is 0 Å².